The first-order chi connectivity index (χ1) is 20.9. The molecule has 4 N–H and O–H groups in total. The molecule has 44 heavy (non-hydrogen) atoms. The van der Waals surface area contributed by atoms with E-state index in [0.29, 0.717) is 11.1 Å². The molecule has 12 heteroatoms. The Morgan fingerprint density at radius 2 is 0.864 bits per heavy atom. The zero-order valence-electron chi connectivity index (χ0n) is 25.9. The molecular formula is C32H42N4O8. The highest BCUT2D eigenvalue weighted by Gasteiger charge is 2.33. The van der Waals surface area contributed by atoms with Crippen LogP contribution in [0.5, 0.6) is 0 Å². The average molecular weight is 611 g/mol. The third-order valence-electron chi connectivity index (χ3n) is 6.85. The summed E-state index contributed by atoms with van der Waals surface area (Å²) < 4.78 is 9.60. The number of esters is 2. The molecule has 0 saturated heterocycles. The molecule has 2 aromatic rings. The first-order valence-corrected chi connectivity index (χ1v) is 14.3. The number of rotatable bonds is 14. The molecule has 2 rings (SSSR count). The van der Waals surface area contributed by atoms with Gasteiger partial charge in [0.15, 0.2) is 0 Å². The van der Waals surface area contributed by atoms with Crippen molar-refractivity contribution in [2.45, 2.75) is 64.7 Å². The Morgan fingerprint density at radius 3 is 1.14 bits per heavy atom. The maximum absolute atomic E-state index is 13.3. The largest absolute Gasteiger partial charge is 0.467 e. The van der Waals surface area contributed by atoms with Gasteiger partial charge in [-0.05, 0) is 23.0 Å². The van der Waals surface area contributed by atoms with Crippen LogP contribution in [-0.2, 0) is 51.1 Å². The van der Waals surface area contributed by atoms with Gasteiger partial charge in [-0.2, -0.15) is 0 Å². The van der Waals surface area contributed by atoms with E-state index in [9.17, 15) is 28.8 Å². The Balaban J connectivity index is 2.29. The van der Waals surface area contributed by atoms with Crippen LogP contribution in [0.1, 0.15) is 38.8 Å². The minimum Gasteiger partial charge on any atom is -0.467 e. The number of nitrogens with one attached hydrogen (secondary N) is 4. The smallest absolute Gasteiger partial charge is 0.328 e. The highest BCUT2D eigenvalue weighted by Crippen LogP contribution is 2.10. The monoisotopic (exact) mass is 610 g/mol. The van der Waals surface area contributed by atoms with E-state index in [1.54, 1.807) is 88.4 Å². The summed E-state index contributed by atoms with van der Waals surface area (Å²) in [4.78, 5) is 77.5. The number of amides is 4. The lowest BCUT2D eigenvalue weighted by molar-refractivity contribution is -0.147. The normalized spacial score (nSPS) is 13.5. The highest BCUT2D eigenvalue weighted by atomic mass is 16.5. The summed E-state index contributed by atoms with van der Waals surface area (Å²) in [7, 11) is 2.40. The molecule has 0 radical (unpaired) electrons. The maximum Gasteiger partial charge on any atom is 0.328 e. The third-order valence-corrected chi connectivity index (χ3v) is 6.85. The Hall–Kier alpha value is -4.74. The summed E-state index contributed by atoms with van der Waals surface area (Å²) in [6, 6.07) is 13.2. The maximum atomic E-state index is 13.3. The van der Waals surface area contributed by atoms with Crippen LogP contribution in [-0.4, -0.2) is 74.0 Å². The van der Waals surface area contributed by atoms with E-state index in [4.69, 9.17) is 9.47 Å². The van der Waals surface area contributed by atoms with Gasteiger partial charge in [0.1, 0.15) is 24.2 Å². The van der Waals surface area contributed by atoms with Crippen LogP contribution in [0.2, 0.25) is 0 Å². The molecule has 0 aromatic heterocycles. The van der Waals surface area contributed by atoms with Gasteiger partial charge < -0.3 is 30.7 Å². The van der Waals surface area contributed by atoms with E-state index in [0.717, 1.165) is 0 Å². The van der Waals surface area contributed by atoms with Gasteiger partial charge in [0.2, 0.25) is 11.8 Å². The molecule has 0 heterocycles. The van der Waals surface area contributed by atoms with Crippen molar-refractivity contribution >= 4 is 35.6 Å². The standard InChI is InChI=1S/C32H42N4O8/c1-19(2)25(31(41)43-5)35-27(37)23(17-21-13-9-7-10-14-21)33-29(39)30(40)34-24(18-22-15-11-8-12-16-22)28(38)36-26(20(3)4)32(42)44-6/h7-16,19-20,23-26H,17-18H2,1-6H3,(H,33,39)(H,34,40)(H,35,37)(H,36,38)/t23-,24-,25-,26-/m0/s1. The number of carbonyl (C=O) groups excluding carboxylic acids is 6. The van der Waals surface area contributed by atoms with Gasteiger partial charge in [-0.25, -0.2) is 9.59 Å². The molecule has 0 spiro atoms. The van der Waals surface area contributed by atoms with Gasteiger partial charge in [0, 0.05) is 12.8 Å². The minimum absolute atomic E-state index is 0.0147. The summed E-state index contributed by atoms with van der Waals surface area (Å²) in [5.74, 6) is -5.68. The van der Waals surface area contributed by atoms with Crippen molar-refractivity contribution in [2.75, 3.05) is 14.2 Å². The van der Waals surface area contributed by atoms with Crippen LogP contribution in [0, 0.1) is 11.8 Å². The Morgan fingerprint density at radius 1 is 0.545 bits per heavy atom. The van der Waals surface area contributed by atoms with Gasteiger partial charge in [-0.3, -0.25) is 19.2 Å². The highest BCUT2D eigenvalue weighted by molar-refractivity contribution is 6.36. The first kappa shape index (κ1) is 35.5. The van der Waals surface area contributed by atoms with Gasteiger partial charge in [-0.15, -0.1) is 0 Å². The fraction of sp³-hybridized carbons (Fsp3) is 0.438. The quantitative estimate of drug-likeness (QED) is 0.182. The second-order valence-corrected chi connectivity index (χ2v) is 10.9. The van der Waals surface area contributed by atoms with E-state index in [1.807, 2.05) is 0 Å². The van der Waals surface area contributed by atoms with E-state index in [1.165, 1.54) is 14.2 Å². The summed E-state index contributed by atoms with van der Waals surface area (Å²) >= 11 is 0. The molecule has 12 nitrogen and oxygen atoms in total. The van der Waals surface area contributed by atoms with E-state index >= 15 is 0 Å². The predicted octanol–water partition coefficient (Wildman–Crippen LogP) is 1.07. The Bertz CT molecular complexity index is 1180. The average Bonchev–Trinajstić information content (AvgIpc) is 3.01. The molecular weight excluding hydrogens is 568 g/mol. The molecule has 4 atom stereocenters. The molecule has 0 fully saturated rings. The fourth-order valence-electron chi connectivity index (χ4n) is 4.32. The number of carbonyl (C=O) groups is 6. The van der Waals surface area contributed by atoms with Crippen molar-refractivity contribution in [3.8, 4) is 0 Å². The summed E-state index contributed by atoms with van der Waals surface area (Å²) in [6.45, 7) is 6.90. The molecule has 2 aromatic carbocycles. The van der Waals surface area contributed by atoms with Gasteiger partial charge >= 0.3 is 23.8 Å². The lowest BCUT2D eigenvalue weighted by Gasteiger charge is -2.25. The molecule has 4 amide bonds. The third kappa shape index (κ3) is 10.8. The van der Waals surface area contributed by atoms with Crippen molar-refractivity contribution in [2.24, 2.45) is 11.8 Å². The van der Waals surface area contributed by atoms with Crippen LogP contribution in [0.4, 0.5) is 0 Å². The summed E-state index contributed by atoms with van der Waals surface area (Å²) in [6.07, 6.45) is 0.0294. The topological polar surface area (TPSA) is 169 Å². The van der Waals surface area contributed by atoms with Gasteiger partial charge in [-0.1, -0.05) is 88.4 Å². The molecule has 0 aliphatic heterocycles. The lowest BCUT2D eigenvalue weighted by atomic mass is 10.0. The van der Waals surface area contributed by atoms with Crippen molar-refractivity contribution in [1.82, 2.24) is 21.3 Å². The molecule has 0 bridgehead atoms. The number of hydrogen-bond donors (Lipinski definition) is 4. The Kier molecular flexibility index (Phi) is 14.0. The van der Waals surface area contributed by atoms with Crippen molar-refractivity contribution in [3.63, 3.8) is 0 Å². The second kappa shape index (κ2) is 17.4. The Labute approximate surface area is 257 Å². The van der Waals surface area contributed by atoms with Gasteiger partial charge in [0.25, 0.3) is 0 Å². The van der Waals surface area contributed by atoms with Gasteiger partial charge in [0.05, 0.1) is 14.2 Å². The van der Waals surface area contributed by atoms with Crippen LogP contribution in [0.15, 0.2) is 60.7 Å². The second-order valence-electron chi connectivity index (χ2n) is 10.9. The molecule has 238 valence electrons. The van der Waals surface area contributed by atoms with E-state index < -0.39 is 59.7 Å². The predicted molar refractivity (Wildman–Crippen MR) is 162 cm³/mol. The molecule has 0 saturated carbocycles. The molecule has 0 aliphatic carbocycles. The van der Waals surface area contributed by atoms with Crippen LogP contribution in [0.3, 0.4) is 0 Å². The summed E-state index contributed by atoms with van der Waals surface area (Å²) in [5, 5.41) is 10.1. The zero-order chi connectivity index (χ0) is 32.8. The number of ether oxygens (including phenoxy) is 2. The molecule has 0 unspecified atom stereocenters. The SMILES string of the molecule is COC(=O)[C@@H](NC(=O)[C@H](Cc1ccccc1)NC(=O)C(=O)N[C@@H](Cc1ccccc1)C(=O)N[C@H](C(=O)OC)C(C)C)C(C)C. The number of methoxy groups -OCH3 is 2. The van der Waals surface area contributed by atoms with Crippen LogP contribution in [0.25, 0.3) is 0 Å². The lowest BCUT2D eigenvalue weighted by Crippen LogP contribution is -2.58. The van der Waals surface area contributed by atoms with Crippen molar-refractivity contribution < 1.29 is 38.2 Å². The minimum atomic E-state index is -1.24. The summed E-state index contributed by atoms with van der Waals surface area (Å²) in [5.41, 5.74) is 1.38. The molecule has 0 aliphatic rings. The van der Waals surface area contributed by atoms with Crippen LogP contribution < -0.4 is 21.3 Å². The van der Waals surface area contributed by atoms with Crippen LogP contribution >= 0.6 is 0 Å². The van der Waals surface area contributed by atoms with Crippen molar-refractivity contribution in [1.29, 1.82) is 0 Å². The van der Waals surface area contributed by atoms with E-state index in [2.05, 4.69) is 21.3 Å². The first-order valence-electron chi connectivity index (χ1n) is 14.3. The zero-order valence-corrected chi connectivity index (χ0v) is 25.9. The fourth-order valence-corrected chi connectivity index (χ4v) is 4.32. The number of hydrogen-bond acceptors (Lipinski definition) is 8. The number of benzene rings is 2. The van der Waals surface area contributed by atoms with E-state index in [-0.39, 0.29) is 24.7 Å². The van der Waals surface area contributed by atoms with Crippen molar-refractivity contribution in [3.05, 3.63) is 71.8 Å².